The summed E-state index contributed by atoms with van der Waals surface area (Å²) < 4.78 is 0. The Hall–Kier alpha value is -1.12. The average molecular weight is 140 g/mol. The predicted molar refractivity (Wildman–Crippen MR) is 34.6 cm³/mol. The minimum absolute atomic E-state index is 0.0117. The van der Waals surface area contributed by atoms with Crippen LogP contribution in [0.5, 0.6) is 0 Å². The second-order valence-corrected chi connectivity index (χ2v) is 2.28. The molecule has 1 N–H and O–H groups in total. The number of aliphatic carboxylic acids is 1. The molecule has 1 aliphatic carbocycles. The number of carbonyl (C=O) groups excluding carboxylic acids is 1. The first-order valence-electron chi connectivity index (χ1n) is 3.17. The van der Waals surface area contributed by atoms with E-state index in [9.17, 15) is 9.59 Å². The summed E-state index contributed by atoms with van der Waals surface area (Å²) in [6.07, 6.45) is 2.96. The molecule has 1 rings (SSSR count). The smallest absolute Gasteiger partial charge is 0.328 e. The van der Waals surface area contributed by atoms with E-state index in [1.165, 1.54) is 0 Å². The monoisotopic (exact) mass is 140 g/mol. The van der Waals surface area contributed by atoms with Crippen molar-refractivity contribution in [2.24, 2.45) is 0 Å². The number of ketones is 1. The van der Waals surface area contributed by atoms with Gasteiger partial charge in [-0.05, 0) is 12.8 Å². The lowest BCUT2D eigenvalue weighted by Gasteiger charge is -1.87. The second-order valence-electron chi connectivity index (χ2n) is 2.28. The Kier molecular flexibility index (Phi) is 1.85. The molecule has 0 unspecified atom stereocenters. The fraction of sp³-hybridized carbons (Fsp3) is 0.429. The van der Waals surface area contributed by atoms with Crippen LogP contribution in [0.1, 0.15) is 19.3 Å². The van der Waals surface area contributed by atoms with Gasteiger partial charge in [0.05, 0.1) is 0 Å². The first kappa shape index (κ1) is 6.99. The lowest BCUT2D eigenvalue weighted by atomic mass is 10.2. The Bertz CT molecular complexity index is 203. The van der Waals surface area contributed by atoms with Gasteiger partial charge in [0.25, 0.3) is 0 Å². The van der Waals surface area contributed by atoms with Crippen molar-refractivity contribution in [1.29, 1.82) is 0 Å². The molecule has 0 aliphatic heterocycles. The Morgan fingerprint density at radius 2 is 2.20 bits per heavy atom. The summed E-state index contributed by atoms with van der Waals surface area (Å²) in [6.45, 7) is 0. The molecule has 0 aromatic rings. The molecule has 0 aromatic heterocycles. The molecule has 0 amide bonds. The van der Waals surface area contributed by atoms with Gasteiger partial charge in [0.1, 0.15) is 0 Å². The molecule has 1 saturated carbocycles. The van der Waals surface area contributed by atoms with E-state index in [0.29, 0.717) is 18.4 Å². The lowest BCUT2D eigenvalue weighted by molar-refractivity contribution is -0.131. The van der Waals surface area contributed by atoms with Crippen LogP contribution in [0.15, 0.2) is 11.6 Å². The highest BCUT2D eigenvalue weighted by atomic mass is 16.4. The number of carboxylic acid groups (broad SMARTS) is 1. The van der Waals surface area contributed by atoms with Gasteiger partial charge in [-0.3, -0.25) is 4.79 Å². The molecule has 3 nitrogen and oxygen atoms in total. The molecule has 0 aromatic carbocycles. The molecule has 3 heteroatoms. The third-order valence-electron chi connectivity index (χ3n) is 1.51. The largest absolute Gasteiger partial charge is 0.478 e. The topological polar surface area (TPSA) is 54.4 Å². The Morgan fingerprint density at radius 1 is 1.50 bits per heavy atom. The molecule has 10 heavy (non-hydrogen) atoms. The Morgan fingerprint density at radius 3 is 2.60 bits per heavy atom. The summed E-state index contributed by atoms with van der Waals surface area (Å²) in [4.78, 5) is 20.9. The number of carboxylic acids is 1. The third-order valence-corrected chi connectivity index (χ3v) is 1.51. The zero-order valence-electron chi connectivity index (χ0n) is 5.46. The number of hydrogen-bond donors (Lipinski definition) is 1. The summed E-state index contributed by atoms with van der Waals surface area (Å²) in [5.74, 6) is -1.03. The zero-order valence-corrected chi connectivity index (χ0v) is 5.46. The number of Topliss-reactive ketones (excluding diaryl/α,β-unsaturated/α-hetero) is 1. The maximum absolute atomic E-state index is 10.8. The maximum Gasteiger partial charge on any atom is 0.328 e. The molecule has 54 valence electrons. The Balaban J connectivity index is 2.72. The molecule has 1 aliphatic rings. The molecule has 0 heterocycles. The van der Waals surface area contributed by atoms with E-state index in [1.807, 2.05) is 0 Å². The van der Waals surface area contributed by atoms with Crippen molar-refractivity contribution in [1.82, 2.24) is 0 Å². The van der Waals surface area contributed by atoms with E-state index in [4.69, 9.17) is 5.11 Å². The highest BCUT2D eigenvalue weighted by molar-refractivity contribution is 6.01. The Labute approximate surface area is 58.4 Å². The van der Waals surface area contributed by atoms with Gasteiger partial charge in [0.15, 0.2) is 5.78 Å². The molecule has 0 spiro atoms. The number of allylic oxidation sites excluding steroid dienone is 1. The zero-order chi connectivity index (χ0) is 7.56. The fourth-order valence-electron chi connectivity index (χ4n) is 1.04. The summed E-state index contributed by atoms with van der Waals surface area (Å²) in [5, 5.41) is 8.26. The van der Waals surface area contributed by atoms with Gasteiger partial charge in [0, 0.05) is 18.1 Å². The molecule has 0 atom stereocenters. The molecular formula is C7H8O3. The van der Waals surface area contributed by atoms with Gasteiger partial charge in [-0.15, -0.1) is 0 Å². The van der Waals surface area contributed by atoms with Crippen molar-refractivity contribution in [2.75, 3.05) is 0 Å². The van der Waals surface area contributed by atoms with Crippen LogP contribution >= 0.6 is 0 Å². The fourth-order valence-corrected chi connectivity index (χ4v) is 1.04. The molecule has 1 fully saturated rings. The van der Waals surface area contributed by atoms with Gasteiger partial charge in [-0.25, -0.2) is 4.79 Å². The molecule has 0 radical (unpaired) electrons. The standard InChI is InChI=1S/C7H8O3/c8-6-3-1-2-5(6)4-7(9)10/h4H,1-3H2,(H,9,10)/b5-4+. The van der Waals surface area contributed by atoms with Crippen molar-refractivity contribution < 1.29 is 14.7 Å². The van der Waals surface area contributed by atoms with Gasteiger partial charge >= 0.3 is 5.97 Å². The normalized spacial score (nSPS) is 22.0. The van der Waals surface area contributed by atoms with Crippen LogP contribution < -0.4 is 0 Å². The van der Waals surface area contributed by atoms with Gasteiger partial charge in [0.2, 0.25) is 0 Å². The number of hydrogen-bond acceptors (Lipinski definition) is 2. The van der Waals surface area contributed by atoms with Crippen molar-refractivity contribution in [3.8, 4) is 0 Å². The third kappa shape index (κ3) is 1.43. The van der Waals surface area contributed by atoms with Gasteiger partial charge in [-0.2, -0.15) is 0 Å². The SMILES string of the molecule is O=C(O)/C=C1\CCCC1=O. The average Bonchev–Trinajstić information content (AvgIpc) is 2.15. The van der Waals surface area contributed by atoms with Crippen molar-refractivity contribution in [3.63, 3.8) is 0 Å². The summed E-state index contributed by atoms with van der Waals surface area (Å²) in [7, 11) is 0. The molecular weight excluding hydrogens is 132 g/mol. The van der Waals surface area contributed by atoms with Gasteiger partial charge in [-0.1, -0.05) is 0 Å². The van der Waals surface area contributed by atoms with Gasteiger partial charge < -0.3 is 5.11 Å². The van der Waals surface area contributed by atoms with E-state index in [1.54, 1.807) is 0 Å². The number of rotatable bonds is 1. The van der Waals surface area contributed by atoms with E-state index >= 15 is 0 Å². The van der Waals surface area contributed by atoms with Crippen LogP contribution in [0.4, 0.5) is 0 Å². The first-order valence-corrected chi connectivity index (χ1v) is 3.17. The van der Waals surface area contributed by atoms with E-state index in [0.717, 1.165) is 12.5 Å². The number of carbonyl (C=O) groups is 2. The summed E-state index contributed by atoms with van der Waals surface area (Å²) in [6, 6.07) is 0. The van der Waals surface area contributed by atoms with Crippen molar-refractivity contribution in [3.05, 3.63) is 11.6 Å². The van der Waals surface area contributed by atoms with Crippen molar-refractivity contribution >= 4 is 11.8 Å². The van der Waals surface area contributed by atoms with Crippen LogP contribution in [0.2, 0.25) is 0 Å². The van der Waals surface area contributed by atoms with E-state index in [2.05, 4.69) is 0 Å². The minimum atomic E-state index is -1.02. The maximum atomic E-state index is 10.8. The van der Waals surface area contributed by atoms with Crippen LogP contribution in [-0.2, 0) is 9.59 Å². The highest BCUT2D eigenvalue weighted by Gasteiger charge is 2.17. The second kappa shape index (κ2) is 2.64. The predicted octanol–water partition coefficient (Wildman–Crippen LogP) is 0.750. The summed E-state index contributed by atoms with van der Waals surface area (Å²) >= 11 is 0. The van der Waals surface area contributed by atoms with Crippen molar-refractivity contribution in [2.45, 2.75) is 19.3 Å². The quantitative estimate of drug-likeness (QED) is 0.547. The molecule has 0 bridgehead atoms. The minimum Gasteiger partial charge on any atom is -0.478 e. The van der Waals surface area contributed by atoms with Crippen LogP contribution in [0.25, 0.3) is 0 Å². The first-order chi connectivity index (χ1) is 4.70. The van der Waals surface area contributed by atoms with E-state index < -0.39 is 5.97 Å². The lowest BCUT2D eigenvalue weighted by Crippen LogP contribution is -1.96. The van der Waals surface area contributed by atoms with Crippen LogP contribution in [-0.4, -0.2) is 16.9 Å². The van der Waals surface area contributed by atoms with Crippen LogP contribution in [0, 0.1) is 0 Å². The van der Waals surface area contributed by atoms with E-state index in [-0.39, 0.29) is 5.78 Å². The summed E-state index contributed by atoms with van der Waals surface area (Å²) in [5.41, 5.74) is 0.465. The van der Waals surface area contributed by atoms with Crippen LogP contribution in [0.3, 0.4) is 0 Å². The molecule has 0 saturated heterocycles. The highest BCUT2D eigenvalue weighted by Crippen LogP contribution is 2.19.